The highest BCUT2D eigenvalue weighted by atomic mass is 35.5. The molecule has 0 spiro atoms. The normalized spacial score (nSPS) is 13.6. The van der Waals surface area contributed by atoms with Crippen molar-refractivity contribution < 1.29 is 24.2 Å². The quantitative estimate of drug-likeness (QED) is 0.617. The molecule has 0 amide bonds. The molecule has 0 aliphatic rings. The van der Waals surface area contributed by atoms with Crippen LogP contribution in [0.3, 0.4) is 0 Å². The van der Waals surface area contributed by atoms with Gasteiger partial charge < -0.3 is 14.6 Å². The highest BCUT2D eigenvalue weighted by Crippen LogP contribution is 2.28. The SMILES string of the molecule is CCOCC(C(=O)O)(C(=O)OCC)c1ccc(Cl)cc1. The van der Waals surface area contributed by atoms with Crippen molar-refractivity contribution in [2.24, 2.45) is 0 Å². The minimum Gasteiger partial charge on any atom is -0.480 e. The molecule has 5 nitrogen and oxygen atoms in total. The predicted molar refractivity (Wildman–Crippen MR) is 73.9 cm³/mol. The first-order chi connectivity index (χ1) is 9.48. The summed E-state index contributed by atoms with van der Waals surface area (Å²) in [6.07, 6.45) is 0. The van der Waals surface area contributed by atoms with Gasteiger partial charge in [0, 0.05) is 11.6 Å². The van der Waals surface area contributed by atoms with Gasteiger partial charge in [-0.3, -0.25) is 9.59 Å². The molecule has 0 radical (unpaired) electrons. The highest BCUT2D eigenvalue weighted by molar-refractivity contribution is 6.30. The number of ether oxygens (including phenoxy) is 2. The van der Waals surface area contributed by atoms with Crippen LogP contribution in [0.25, 0.3) is 0 Å². The Morgan fingerprint density at radius 2 is 1.80 bits per heavy atom. The number of aliphatic carboxylic acids is 1. The van der Waals surface area contributed by atoms with Gasteiger partial charge in [-0.2, -0.15) is 0 Å². The van der Waals surface area contributed by atoms with E-state index in [1.165, 1.54) is 24.3 Å². The van der Waals surface area contributed by atoms with E-state index in [0.29, 0.717) is 11.6 Å². The van der Waals surface area contributed by atoms with Crippen LogP contribution in [0.1, 0.15) is 19.4 Å². The summed E-state index contributed by atoms with van der Waals surface area (Å²) in [5.41, 5.74) is -1.60. The van der Waals surface area contributed by atoms with Crippen molar-refractivity contribution in [2.45, 2.75) is 19.3 Å². The molecule has 20 heavy (non-hydrogen) atoms. The second-order valence-corrected chi connectivity index (χ2v) is 4.51. The average Bonchev–Trinajstić information content (AvgIpc) is 2.41. The van der Waals surface area contributed by atoms with Gasteiger partial charge in [-0.25, -0.2) is 0 Å². The van der Waals surface area contributed by atoms with Crippen LogP contribution < -0.4 is 0 Å². The van der Waals surface area contributed by atoms with E-state index in [1.807, 2.05) is 0 Å². The second kappa shape index (κ2) is 7.26. The number of hydrogen-bond acceptors (Lipinski definition) is 4. The lowest BCUT2D eigenvalue weighted by molar-refractivity contribution is -0.165. The van der Waals surface area contributed by atoms with Crippen molar-refractivity contribution >= 4 is 23.5 Å². The van der Waals surface area contributed by atoms with Gasteiger partial charge >= 0.3 is 11.9 Å². The maximum absolute atomic E-state index is 12.2. The van der Waals surface area contributed by atoms with Crippen LogP contribution in [0, 0.1) is 0 Å². The molecule has 0 heterocycles. The summed E-state index contributed by atoms with van der Waals surface area (Å²) in [5, 5.41) is 10.0. The molecule has 1 aromatic carbocycles. The summed E-state index contributed by atoms with van der Waals surface area (Å²) >= 11 is 5.79. The van der Waals surface area contributed by atoms with E-state index in [9.17, 15) is 14.7 Å². The molecule has 110 valence electrons. The molecule has 0 saturated heterocycles. The van der Waals surface area contributed by atoms with Crippen molar-refractivity contribution in [1.29, 1.82) is 0 Å². The molecular formula is C14H17ClO5. The van der Waals surface area contributed by atoms with E-state index in [-0.39, 0.29) is 18.8 Å². The van der Waals surface area contributed by atoms with Crippen LogP contribution in [0.2, 0.25) is 5.02 Å². The largest absolute Gasteiger partial charge is 0.480 e. The fraction of sp³-hybridized carbons (Fsp3) is 0.429. The zero-order chi connectivity index (χ0) is 15.2. The summed E-state index contributed by atoms with van der Waals surface area (Å²) in [6, 6.07) is 6.04. The number of rotatable bonds is 7. The van der Waals surface area contributed by atoms with E-state index in [1.54, 1.807) is 13.8 Å². The van der Waals surface area contributed by atoms with Crippen LogP contribution in [0.15, 0.2) is 24.3 Å². The zero-order valence-corrected chi connectivity index (χ0v) is 12.1. The van der Waals surface area contributed by atoms with Crippen LogP contribution in [0.5, 0.6) is 0 Å². The summed E-state index contributed by atoms with van der Waals surface area (Å²) in [6.45, 7) is 3.43. The Balaban J connectivity index is 3.31. The third-order valence-electron chi connectivity index (χ3n) is 2.85. The lowest BCUT2D eigenvalue weighted by atomic mass is 9.81. The van der Waals surface area contributed by atoms with E-state index in [2.05, 4.69) is 0 Å². The number of carbonyl (C=O) groups excluding carboxylic acids is 1. The molecule has 0 fully saturated rings. The molecule has 1 N–H and O–H groups in total. The molecule has 1 rings (SSSR count). The molecule has 1 atom stereocenters. The summed E-state index contributed by atoms with van der Waals surface area (Å²) in [7, 11) is 0. The molecule has 0 aliphatic heterocycles. The topological polar surface area (TPSA) is 72.8 Å². The van der Waals surface area contributed by atoms with Gasteiger partial charge in [-0.05, 0) is 31.5 Å². The van der Waals surface area contributed by atoms with Crippen LogP contribution in [-0.2, 0) is 24.5 Å². The monoisotopic (exact) mass is 300 g/mol. The summed E-state index contributed by atoms with van der Waals surface area (Å²) in [4.78, 5) is 23.9. The molecule has 0 aliphatic carbocycles. The molecule has 1 aromatic rings. The number of carboxylic acid groups (broad SMARTS) is 1. The fourth-order valence-electron chi connectivity index (χ4n) is 1.78. The standard InChI is InChI=1S/C14H17ClO5/c1-3-19-9-14(12(16)17,13(18)20-4-2)10-5-7-11(15)8-6-10/h5-8H,3-4,9H2,1-2H3,(H,16,17). The first-order valence-electron chi connectivity index (χ1n) is 6.23. The van der Waals surface area contributed by atoms with Crippen LogP contribution in [-0.4, -0.2) is 36.9 Å². The number of esters is 1. The molecule has 0 bridgehead atoms. The average molecular weight is 301 g/mol. The van der Waals surface area contributed by atoms with E-state index in [0.717, 1.165) is 0 Å². The third-order valence-corrected chi connectivity index (χ3v) is 3.10. The van der Waals surface area contributed by atoms with Crippen LogP contribution >= 0.6 is 11.6 Å². The van der Waals surface area contributed by atoms with Crippen molar-refractivity contribution in [3.8, 4) is 0 Å². The Bertz CT molecular complexity index is 471. The molecule has 0 saturated carbocycles. The van der Waals surface area contributed by atoms with Crippen LogP contribution in [0.4, 0.5) is 0 Å². The highest BCUT2D eigenvalue weighted by Gasteiger charge is 2.50. The Hall–Kier alpha value is -1.59. The Morgan fingerprint density at radius 3 is 2.25 bits per heavy atom. The molecule has 6 heteroatoms. The number of hydrogen-bond donors (Lipinski definition) is 1. The Kier molecular flexibility index (Phi) is 5.98. The number of halogens is 1. The predicted octanol–water partition coefficient (Wildman–Crippen LogP) is 2.26. The number of carboxylic acids is 1. The third kappa shape index (κ3) is 3.29. The lowest BCUT2D eigenvalue weighted by Gasteiger charge is -2.27. The molecule has 1 unspecified atom stereocenters. The minimum absolute atomic E-state index is 0.0909. The maximum Gasteiger partial charge on any atom is 0.330 e. The lowest BCUT2D eigenvalue weighted by Crippen LogP contribution is -2.49. The maximum atomic E-state index is 12.2. The van der Waals surface area contributed by atoms with Crippen molar-refractivity contribution in [3.05, 3.63) is 34.9 Å². The molecular weight excluding hydrogens is 284 g/mol. The zero-order valence-electron chi connectivity index (χ0n) is 11.4. The van der Waals surface area contributed by atoms with E-state index >= 15 is 0 Å². The second-order valence-electron chi connectivity index (χ2n) is 4.07. The van der Waals surface area contributed by atoms with Crippen molar-refractivity contribution in [1.82, 2.24) is 0 Å². The van der Waals surface area contributed by atoms with Crippen molar-refractivity contribution in [3.63, 3.8) is 0 Å². The minimum atomic E-state index is -1.88. The molecule has 0 aromatic heterocycles. The summed E-state index contributed by atoms with van der Waals surface area (Å²) < 4.78 is 10.1. The van der Waals surface area contributed by atoms with Gasteiger partial charge in [-0.1, -0.05) is 23.7 Å². The van der Waals surface area contributed by atoms with Gasteiger partial charge in [-0.15, -0.1) is 0 Å². The van der Waals surface area contributed by atoms with Gasteiger partial charge in [0.25, 0.3) is 0 Å². The number of benzene rings is 1. The van der Waals surface area contributed by atoms with E-state index < -0.39 is 17.4 Å². The summed E-state index contributed by atoms with van der Waals surface area (Å²) in [5.74, 6) is -2.16. The van der Waals surface area contributed by atoms with Gasteiger partial charge in [0.2, 0.25) is 5.41 Å². The van der Waals surface area contributed by atoms with E-state index in [4.69, 9.17) is 21.1 Å². The first-order valence-corrected chi connectivity index (χ1v) is 6.61. The van der Waals surface area contributed by atoms with Gasteiger partial charge in [0.15, 0.2) is 0 Å². The fourth-order valence-corrected chi connectivity index (χ4v) is 1.90. The Labute approximate surface area is 122 Å². The van der Waals surface area contributed by atoms with Gasteiger partial charge in [0.1, 0.15) is 0 Å². The Morgan fingerprint density at radius 1 is 1.20 bits per heavy atom. The smallest absolute Gasteiger partial charge is 0.330 e. The van der Waals surface area contributed by atoms with Gasteiger partial charge in [0.05, 0.1) is 13.2 Å². The number of carbonyl (C=O) groups is 2. The first kappa shape index (κ1) is 16.5. The van der Waals surface area contributed by atoms with Crippen molar-refractivity contribution in [2.75, 3.05) is 19.8 Å².